The number of rotatable bonds is 7. The van der Waals surface area contributed by atoms with E-state index >= 15 is 0 Å². The lowest BCUT2D eigenvalue weighted by atomic mass is 9.93. The van der Waals surface area contributed by atoms with E-state index in [1.54, 1.807) is 6.07 Å². The summed E-state index contributed by atoms with van der Waals surface area (Å²) in [6.45, 7) is 3.53. The third-order valence-electron chi connectivity index (χ3n) is 3.84. The first kappa shape index (κ1) is 17.7. The van der Waals surface area contributed by atoms with Gasteiger partial charge in [0.1, 0.15) is 0 Å². The number of carbonyl (C=O) groups is 2. The topological polar surface area (TPSA) is 54.4 Å². The van der Waals surface area contributed by atoms with Crippen LogP contribution in [0.1, 0.15) is 50.5 Å². The zero-order valence-electron chi connectivity index (χ0n) is 13.1. The minimum absolute atomic E-state index is 0.00934. The van der Waals surface area contributed by atoms with Gasteiger partial charge in [0.2, 0.25) is 0 Å². The zero-order valence-corrected chi connectivity index (χ0v) is 14.7. The average Bonchev–Trinajstić information content (AvgIpc) is 2.98. The molecular weight excluding hydrogens is 332 g/mol. The number of alkyl halides is 1. The molecule has 1 aromatic heterocycles. The predicted molar refractivity (Wildman–Crippen MR) is 93.8 cm³/mol. The van der Waals surface area contributed by atoms with Gasteiger partial charge in [-0.3, -0.25) is 9.59 Å². The van der Waals surface area contributed by atoms with Crippen LogP contribution in [0.2, 0.25) is 0 Å². The molecule has 0 aliphatic rings. The summed E-state index contributed by atoms with van der Waals surface area (Å²) in [5.41, 5.74) is 3.26. The third-order valence-corrected chi connectivity index (χ3v) is 5.47. The summed E-state index contributed by atoms with van der Waals surface area (Å²) in [7, 11) is 0. The van der Waals surface area contributed by atoms with E-state index in [0.717, 1.165) is 21.6 Å². The molecule has 0 amide bonds. The summed E-state index contributed by atoms with van der Waals surface area (Å²) in [4.78, 5) is 24.3. The molecular formula is C18H19ClO3S. The summed E-state index contributed by atoms with van der Waals surface area (Å²) >= 11 is 7.34. The molecule has 1 unspecified atom stereocenters. The Morgan fingerprint density at radius 1 is 1.26 bits per heavy atom. The lowest BCUT2D eigenvalue weighted by molar-refractivity contribution is -0.137. The van der Waals surface area contributed by atoms with Crippen molar-refractivity contribution in [3.63, 3.8) is 0 Å². The Kier molecular flexibility index (Phi) is 5.97. The Bertz CT molecular complexity index is 721. The van der Waals surface area contributed by atoms with Crippen molar-refractivity contribution in [3.05, 3.63) is 56.8 Å². The molecule has 122 valence electrons. The SMILES string of the molecule is CC(=O)c1ccc(C(CC(=O)O)Cc2ccc(C)c(CCl)c2)s1. The van der Waals surface area contributed by atoms with E-state index in [0.29, 0.717) is 17.2 Å². The van der Waals surface area contributed by atoms with Crippen LogP contribution < -0.4 is 0 Å². The van der Waals surface area contributed by atoms with Crippen molar-refractivity contribution in [2.45, 2.75) is 38.5 Å². The van der Waals surface area contributed by atoms with E-state index in [1.165, 1.54) is 18.3 Å². The molecule has 1 atom stereocenters. The van der Waals surface area contributed by atoms with Gasteiger partial charge in [0.25, 0.3) is 0 Å². The number of ketones is 1. The molecule has 0 fully saturated rings. The third kappa shape index (κ3) is 4.66. The lowest BCUT2D eigenvalue weighted by Gasteiger charge is -2.14. The number of benzene rings is 1. The number of carbonyl (C=O) groups excluding carboxylic acids is 1. The van der Waals surface area contributed by atoms with Crippen molar-refractivity contribution in [2.24, 2.45) is 0 Å². The Morgan fingerprint density at radius 3 is 2.57 bits per heavy atom. The smallest absolute Gasteiger partial charge is 0.304 e. The molecule has 0 saturated carbocycles. The highest BCUT2D eigenvalue weighted by molar-refractivity contribution is 7.14. The molecule has 0 radical (unpaired) electrons. The summed E-state index contributed by atoms with van der Waals surface area (Å²) in [5, 5.41) is 9.20. The van der Waals surface area contributed by atoms with Crippen LogP contribution in [0.3, 0.4) is 0 Å². The Labute approximate surface area is 144 Å². The average molecular weight is 351 g/mol. The monoisotopic (exact) mass is 350 g/mol. The molecule has 1 heterocycles. The second kappa shape index (κ2) is 7.75. The van der Waals surface area contributed by atoms with Crippen LogP contribution in [0.4, 0.5) is 0 Å². The number of carboxylic acid groups (broad SMARTS) is 1. The largest absolute Gasteiger partial charge is 0.481 e. The van der Waals surface area contributed by atoms with E-state index < -0.39 is 5.97 Å². The van der Waals surface area contributed by atoms with Gasteiger partial charge in [0.05, 0.1) is 11.3 Å². The number of carboxylic acids is 1. The normalized spacial score (nSPS) is 12.1. The molecule has 1 N–H and O–H groups in total. The van der Waals surface area contributed by atoms with Crippen molar-refractivity contribution in [1.29, 1.82) is 0 Å². The highest BCUT2D eigenvalue weighted by atomic mass is 35.5. The second-order valence-corrected chi connectivity index (χ2v) is 7.03. The highest BCUT2D eigenvalue weighted by Gasteiger charge is 2.19. The van der Waals surface area contributed by atoms with Gasteiger partial charge in [0, 0.05) is 16.7 Å². The molecule has 0 aliphatic carbocycles. The molecule has 1 aromatic carbocycles. The van der Waals surface area contributed by atoms with Gasteiger partial charge in [-0.2, -0.15) is 0 Å². The van der Waals surface area contributed by atoms with E-state index in [2.05, 4.69) is 0 Å². The minimum atomic E-state index is -0.836. The van der Waals surface area contributed by atoms with Crippen LogP contribution in [0, 0.1) is 6.92 Å². The number of halogens is 1. The van der Waals surface area contributed by atoms with Gasteiger partial charge < -0.3 is 5.11 Å². The van der Waals surface area contributed by atoms with Gasteiger partial charge >= 0.3 is 5.97 Å². The first-order valence-electron chi connectivity index (χ1n) is 7.37. The van der Waals surface area contributed by atoms with Crippen LogP contribution in [-0.4, -0.2) is 16.9 Å². The van der Waals surface area contributed by atoms with Crippen molar-refractivity contribution >= 4 is 34.7 Å². The van der Waals surface area contributed by atoms with Crippen LogP contribution in [0.25, 0.3) is 0 Å². The summed E-state index contributed by atoms with van der Waals surface area (Å²) in [6, 6.07) is 9.71. The van der Waals surface area contributed by atoms with E-state index in [9.17, 15) is 14.7 Å². The molecule has 3 nitrogen and oxygen atoms in total. The molecule has 5 heteroatoms. The standard InChI is InChI=1S/C18H19ClO3S/c1-11-3-4-13(8-15(11)10-19)7-14(9-18(21)22)17-6-5-16(23-17)12(2)20/h3-6,8,14H,7,9-10H2,1-2H3,(H,21,22). The maximum Gasteiger partial charge on any atom is 0.304 e. The van der Waals surface area contributed by atoms with E-state index in [-0.39, 0.29) is 18.1 Å². The first-order valence-corrected chi connectivity index (χ1v) is 8.72. The van der Waals surface area contributed by atoms with Gasteiger partial charge in [-0.25, -0.2) is 0 Å². The number of aryl methyl sites for hydroxylation is 1. The van der Waals surface area contributed by atoms with Crippen molar-refractivity contribution in [2.75, 3.05) is 0 Å². The number of thiophene rings is 1. The van der Waals surface area contributed by atoms with E-state index in [4.69, 9.17) is 11.6 Å². The fourth-order valence-electron chi connectivity index (χ4n) is 2.53. The molecule has 0 bridgehead atoms. The molecule has 2 rings (SSSR count). The Morgan fingerprint density at radius 2 is 2.00 bits per heavy atom. The molecule has 23 heavy (non-hydrogen) atoms. The number of aliphatic carboxylic acids is 1. The number of Topliss-reactive ketones (excluding diaryl/α,β-unsaturated/α-hetero) is 1. The lowest BCUT2D eigenvalue weighted by Crippen LogP contribution is -2.08. The van der Waals surface area contributed by atoms with Gasteiger partial charge in [-0.1, -0.05) is 18.2 Å². The van der Waals surface area contributed by atoms with Crippen LogP contribution in [-0.2, 0) is 17.1 Å². The fraction of sp³-hybridized carbons (Fsp3) is 0.333. The van der Waals surface area contributed by atoms with Crippen molar-refractivity contribution in [3.8, 4) is 0 Å². The first-order chi connectivity index (χ1) is 10.9. The van der Waals surface area contributed by atoms with Gasteiger partial charge in [-0.05, 0) is 49.1 Å². The summed E-state index contributed by atoms with van der Waals surface area (Å²) in [5.74, 6) is -0.527. The Balaban J connectivity index is 2.27. The van der Waals surface area contributed by atoms with Crippen LogP contribution in [0.5, 0.6) is 0 Å². The van der Waals surface area contributed by atoms with Crippen molar-refractivity contribution in [1.82, 2.24) is 0 Å². The second-order valence-electron chi connectivity index (χ2n) is 5.65. The summed E-state index contributed by atoms with van der Waals surface area (Å²) < 4.78 is 0. The number of hydrogen-bond acceptors (Lipinski definition) is 3. The molecule has 0 spiro atoms. The van der Waals surface area contributed by atoms with Crippen LogP contribution in [0.15, 0.2) is 30.3 Å². The van der Waals surface area contributed by atoms with E-state index in [1.807, 2.05) is 31.2 Å². The van der Waals surface area contributed by atoms with Gasteiger partial charge in [0.15, 0.2) is 5.78 Å². The highest BCUT2D eigenvalue weighted by Crippen LogP contribution is 2.31. The van der Waals surface area contributed by atoms with Crippen molar-refractivity contribution < 1.29 is 14.7 Å². The van der Waals surface area contributed by atoms with Crippen LogP contribution >= 0.6 is 22.9 Å². The molecule has 0 saturated heterocycles. The maximum absolute atomic E-state index is 11.5. The minimum Gasteiger partial charge on any atom is -0.481 e. The molecule has 2 aromatic rings. The Hall–Kier alpha value is -1.65. The maximum atomic E-state index is 11.5. The predicted octanol–water partition coefficient (Wildman–Crippen LogP) is 4.80. The quantitative estimate of drug-likeness (QED) is 0.576. The fourth-order valence-corrected chi connectivity index (χ4v) is 3.82. The zero-order chi connectivity index (χ0) is 17.0. The summed E-state index contributed by atoms with van der Waals surface area (Å²) in [6.07, 6.45) is 0.663. The van der Waals surface area contributed by atoms with Gasteiger partial charge in [-0.15, -0.1) is 22.9 Å². The number of hydrogen-bond donors (Lipinski definition) is 1. The molecule has 0 aliphatic heterocycles.